The molecule has 6 heteroatoms. The van der Waals surface area contributed by atoms with Crippen molar-refractivity contribution in [3.05, 3.63) is 30.7 Å². The Balaban J connectivity index is 3.44. The quantitative estimate of drug-likeness (QED) is 0.628. The van der Waals surface area contributed by atoms with E-state index in [1.807, 2.05) is 0 Å². The molecule has 0 unspecified atom stereocenters. The lowest BCUT2D eigenvalue weighted by atomic mass is 10.3. The van der Waals surface area contributed by atoms with Gasteiger partial charge in [0.15, 0.2) is 0 Å². The lowest BCUT2D eigenvalue weighted by molar-refractivity contribution is 0.150. The Morgan fingerprint density at radius 3 is 2.58 bits per heavy atom. The number of nitrogens with one attached hydrogen (secondary N) is 1. The smallest absolute Gasteiger partial charge is 0.270 e. The molecule has 0 amide bonds. The summed E-state index contributed by atoms with van der Waals surface area (Å²) in [7, 11) is 0. The second-order valence-electron chi connectivity index (χ2n) is 1.99. The molecule has 1 aromatic heterocycles. The molecule has 0 saturated carbocycles. The molecule has 0 aliphatic heterocycles. The van der Waals surface area contributed by atoms with Gasteiger partial charge in [-0.1, -0.05) is 11.6 Å². The number of rotatable bonds is 1. The third-order valence-corrected chi connectivity index (χ3v) is 2.36. The molecular weight excluding hydrogens is 302 g/mol. The van der Waals surface area contributed by atoms with E-state index in [0.717, 1.165) is 0 Å². The second kappa shape index (κ2) is 3.69. The van der Waals surface area contributed by atoms with Crippen LogP contribution in [-0.2, 0) is 0 Å². The maximum absolute atomic E-state index is 12.2. The molecule has 1 aromatic rings. The van der Waals surface area contributed by atoms with Crippen LogP contribution in [0.1, 0.15) is 12.0 Å². The first-order valence-corrected chi connectivity index (χ1v) is 4.34. The van der Waals surface area contributed by atoms with E-state index < -0.39 is 17.4 Å². The highest BCUT2D eigenvalue weighted by molar-refractivity contribution is 14.1. The number of aromatic amines is 1. The molecular formula is C6H3ClF2INO. The minimum atomic E-state index is -2.84. The Bertz CT molecular complexity index is 352. The summed E-state index contributed by atoms with van der Waals surface area (Å²) < 4.78 is 24.5. The zero-order chi connectivity index (χ0) is 9.30. The van der Waals surface area contributed by atoms with Gasteiger partial charge in [-0.05, 0) is 22.6 Å². The van der Waals surface area contributed by atoms with Gasteiger partial charge in [-0.15, -0.1) is 0 Å². The molecule has 1 heterocycles. The molecule has 0 aliphatic carbocycles. The highest BCUT2D eigenvalue weighted by Gasteiger charge is 2.17. The number of hydrogen-bond acceptors (Lipinski definition) is 1. The summed E-state index contributed by atoms with van der Waals surface area (Å²) in [4.78, 5) is 13.4. The van der Waals surface area contributed by atoms with E-state index in [9.17, 15) is 13.6 Å². The van der Waals surface area contributed by atoms with E-state index >= 15 is 0 Å². The Kier molecular flexibility index (Phi) is 3.05. The maximum atomic E-state index is 12.2. The maximum Gasteiger partial charge on any atom is 0.270 e. The SMILES string of the molecule is O=c1c(I)c[nH]c(Cl)c1C(F)F. The van der Waals surface area contributed by atoms with Crippen molar-refractivity contribution in [2.75, 3.05) is 0 Å². The minimum absolute atomic E-state index is 0.201. The largest absolute Gasteiger partial charge is 0.351 e. The molecule has 0 aliphatic rings. The number of alkyl halides is 2. The van der Waals surface area contributed by atoms with E-state index in [4.69, 9.17) is 11.6 Å². The zero-order valence-corrected chi connectivity index (χ0v) is 8.49. The zero-order valence-electron chi connectivity index (χ0n) is 5.57. The van der Waals surface area contributed by atoms with Crippen molar-refractivity contribution in [2.45, 2.75) is 6.43 Å². The summed E-state index contributed by atoms with van der Waals surface area (Å²) in [6.07, 6.45) is -1.55. The van der Waals surface area contributed by atoms with Gasteiger partial charge in [0.2, 0.25) is 5.43 Å². The van der Waals surface area contributed by atoms with Crippen LogP contribution < -0.4 is 5.43 Å². The lowest BCUT2D eigenvalue weighted by Crippen LogP contribution is -2.13. The van der Waals surface area contributed by atoms with Crippen molar-refractivity contribution in [2.24, 2.45) is 0 Å². The molecule has 0 fully saturated rings. The summed E-state index contributed by atoms with van der Waals surface area (Å²) in [5.41, 5.74) is -1.38. The predicted molar refractivity (Wildman–Crippen MR) is 49.7 cm³/mol. The molecule has 1 N–H and O–H groups in total. The van der Waals surface area contributed by atoms with Crippen LogP contribution in [0.2, 0.25) is 5.15 Å². The van der Waals surface area contributed by atoms with Gasteiger partial charge >= 0.3 is 0 Å². The standard InChI is InChI=1S/C6H3ClF2INO/c7-5-3(6(8)9)4(12)2(10)1-11-5/h1,6H,(H,11,12). The second-order valence-corrected chi connectivity index (χ2v) is 3.53. The van der Waals surface area contributed by atoms with Crippen molar-refractivity contribution in [3.63, 3.8) is 0 Å². The lowest BCUT2D eigenvalue weighted by Gasteiger charge is -2.01. The average molecular weight is 305 g/mol. The average Bonchev–Trinajstić information content (AvgIpc) is 1.97. The fraction of sp³-hybridized carbons (Fsp3) is 0.167. The summed E-state index contributed by atoms with van der Waals surface area (Å²) >= 11 is 7.02. The molecule has 0 aromatic carbocycles. The van der Waals surface area contributed by atoms with Crippen LogP contribution in [0.15, 0.2) is 11.0 Å². The van der Waals surface area contributed by atoms with Crippen LogP contribution in [-0.4, -0.2) is 4.98 Å². The van der Waals surface area contributed by atoms with Crippen LogP contribution >= 0.6 is 34.2 Å². The molecule has 12 heavy (non-hydrogen) atoms. The number of pyridine rings is 1. The molecule has 2 nitrogen and oxygen atoms in total. The summed E-state index contributed by atoms with van der Waals surface area (Å²) in [5.74, 6) is 0. The van der Waals surface area contributed by atoms with Crippen molar-refractivity contribution in [1.82, 2.24) is 4.98 Å². The first kappa shape index (κ1) is 9.91. The Morgan fingerprint density at radius 1 is 1.58 bits per heavy atom. The van der Waals surface area contributed by atoms with Gasteiger partial charge in [-0.2, -0.15) is 0 Å². The van der Waals surface area contributed by atoms with Gasteiger partial charge < -0.3 is 4.98 Å². The van der Waals surface area contributed by atoms with E-state index in [1.54, 1.807) is 22.6 Å². The van der Waals surface area contributed by atoms with Gasteiger partial charge in [0.25, 0.3) is 6.43 Å². The predicted octanol–water partition coefficient (Wildman–Crippen LogP) is 2.57. The van der Waals surface area contributed by atoms with Gasteiger partial charge in [-0.3, -0.25) is 4.79 Å². The highest BCUT2D eigenvalue weighted by Crippen LogP contribution is 2.21. The molecule has 0 saturated heterocycles. The van der Waals surface area contributed by atoms with Crippen LogP contribution in [0, 0.1) is 3.57 Å². The third kappa shape index (κ3) is 1.77. The molecule has 0 spiro atoms. The molecule has 66 valence electrons. The monoisotopic (exact) mass is 305 g/mol. The third-order valence-electron chi connectivity index (χ3n) is 1.24. The van der Waals surface area contributed by atoms with Gasteiger partial charge in [0.1, 0.15) is 10.7 Å². The highest BCUT2D eigenvalue weighted by atomic mass is 127. The van der Waals surface area contributed by atoms with Crippen molar-refractivity contribution >= 4 is 34.2 Å². The number of aromatic nitrogens is 1. The van der Waals surface area contributed by atoms with E-state index in [2.05, 4.69) is 4.98 Å². The number of hydrogen-bond donors (Lipinski definition) is 1. The van der Waals surface area contributed by atoms with Gasteiger partial charge in [0.05, 0.1) is 3.57 Å². The molecule has 0 atom stereocenters. The summed E-state index contributed by atoms with van der Waals surface area (Å²) in [5, 5.41) is -0.296. The van der Waals surface area contributed by atoms with Crippen LogP contribution in [0.4, 0.5) is 8.78 Å². The van der Waals surface area contributed by atoms with Crippen LogP contribution in [0.5, 0.6) is 0 Å². The Morgan fingerprint density at radius 2 is 2.17 bits per heavy atom. The first-order chi connectivity index (χ1) is 5.54. The van der Waals surface area contributed by atoms with Crippen molar-refractivity contribution in [3.8, 4) is 0 Å². The fourth-order valence-electron chi connectivity index (χ4n) is 0.693. The van der Waals surface area contributed by atoms with E-state index in [-0.39, 0.29) is 8.72 Å². The molecule has 1 rings (SSSR count). The van der Waals surface area contributed by atoms with Crippen molar-refractivity contribution in [1.29, 1.82) is 0 Å². The van der Waals surface area contributed by atoms with Gasteiger partial charge in [0, 0.05) is 6.20 Å². The van der Waals surface area contributed by atoms with Crippen LogP contribution in [0.3, 0.4) is 0 Å². The normalized spacial score (nSPS) is 10.8. The number of halogens is 4. The van der Waals surface area contributed by atoms with Crippen LogP contribution in [0.25, 0.3) is 0 Å². The van der Waals surface area contributed by atoms with Gasteiger partial charge in [-0.25, -0.2) is 8.78 Å². The summed E-state index contributed by atoms with van der Waals surface area (Å²) in [6, 6.07) is 0. The molecule has 0 bridgehead atoms. The Labute approximate surface area is 85.1 Å². The van der Waals surface area contributed by atoms with Crippen molar-refractivity contribution < 1.29 is 8.78 Å². The van der Waals surface area contributed by atoms with E-state index in [1.165, 1.54) is 6.20 Å². The molecule has 0 radical (unpaired) electrons. The topological polar surface area (TPSA) is 32.9 Å². The Hall–Kier alpha value is -0.170. The fourth-order valence-corrected chi connectivity index (χ4v) is 1.36. The number of H-pyrrole nitrogens is 1. The first-order valence-electron chi connectivity index (χ1n) is 2.88. The minimum Gasteiger partial charge on any atom is -0.351 e. The van der Waals surface area contributed by atoms with E-state index in [0.29, 0.717) is 0 Å². The summed E-state index contributed by atoms with van der Waals surface area (Å²) in [6.45, 7) is 0.